The second kappa shape index (κ2) is 6.19. The Hall–Kier alpha value is -2.36. The van der Waals surface area contributed by atoms with Crippen molar-refractivity contribution >= 4 is 5.97 Å². The highest BCUT2D eigenvalue weighted by Crippen LogP contribution is 2.33. The van der Waals surface area contributed by atoms with Gasteiger partial charge in [-0.1, -0.05) is 19.1 Å². The molecule has 0 saturated heterocycles. The Kier molecular flexibility index (Phi) is 4.35. The number of carbonyl (C=O) groups is 1. The summed E-state index contributed by atoms with van der Waals surface area (Å²) in [6.45, 7) is 1.91. The van der Waals surface area contributed by atoms with Gasteiger partial charge in [-0.2, -0.15) is 0 Å². The van der Waals surface area contributed by atoms with Crippen LogP contribution in [0.5, 0.6) is 5.75 Å². The number of nitrogens with zero attached hydrogens (tertiary/aromatic N) is 1. The lowest BCUT2D eigenvalue weighted by atomic mass is 9.94. The zero-order valence-corrected chi connectivity index (χ0v) is 11.5. The van der Waals surface area contributed by atoms with Crippen molar-refractivity contribution < 1.29 is 14.6 Å². The Labute approximate surface area is 118 Å². The van der Waals surface area contributed by atoms with Crippen LogP contribution < -0.4 is 4.74 Å². The largest absolute Gasteiger partial charge is 0.496 e. The second-order valence-corrected chi connectivity index (χ2v) is 4.70. The van der Waals surface area contributed by atoms with Crippen molar-refractivity contribution in [1.29, 1.82) is 0 Å². The van der Waals surface area contributed by atoms with Gasteiger partial charge in [0.15, 0.2) is 0 Å². The van der Waals surface area contributed by atoms with E-state index in [-0.39, 0.29) is 12.3 Å². The third-order valence-corrected chi connectivity index (χ3v) is 3.25. The van der Waals surface area contributed by atoms with E-state index in [1.807, 2.05) is 37.3 Å². The fourth-order valence-corrected chi connectivity index (χ4v) is 2.16. The standard InChI is InChI=1S/C16H17NO3/c1-11(8-16(18)19)12-5-6-15(20-2)14(9-12)13-4-3-7-17-10-13/h3-7,9-11H,8H2,1-2H3,(H,18,19). The van der Waals surface area contributed by atoms with Crippen molar-refractivity contribution in [1.82, 2.24) is 4.98 Å². The average Bonchev–Trinajstić information content (AvgIpc) is 2.46. The van der Waals surface area contributed by atoms with Gasteiger partial charge in [-0.05, 0) is 29.7 Å². The first-order valence-corrected chi connectivity index (χ1v) is 6.42. The molecule has 20 heavy (non-hydrogen) atoms. The van der Waals surface area contributed by atoms with Gasteiger partial charge < -0.3 is 9.84 Å². The molecule has 0 aliphatic heterocycles. The zero-order valence-electron chi connectivity index (χ0n) is 11.5. The van der Waals surface area contributed by atoms with E-state index in [2.05, 4.69) is 4.98 Å². The van der Waals surface area contributed by atoms with Crippen molar-refractivity contribution in [2.24, 2.45) is 0 Å². The van der Waals surface area contributed by atoms with Crippen LogP contribution in [0.2, 0.25) is 0 Å². The molecule has 2 rings (SSSR count). The summed E-state index contributed by atoms with van der Waals surface area (Å²) in [6, 6.07) is 9.57. The van der Waals surface area contributed by atoms with Gasteiger partial charge in [0.05, 0.1) is 13.5 Å². The van der Waals surface area contributed by atoms with E-state index in [9.17, 15) is 4.79 Å². The lowest BCUT2D eigenvalue weighted by Crippen LogP contribution is -2.03. The van der Waals surface area contributed by atoms with Crippen LogP contribution in [0.1, 0.15) is 24.8 Å². The van der Waals surface area contributed by atoms with Crippen LogP contribution in [0.4, 0.5) is 0 Å². The van der Waals surface area contributed by atoms with Crippen LogP contribution >= 0.6 is 0 Å². The summed E-state index contributed by atoms with van der Waals surface area (Å²) in [6.07, 6.45) is 3.59. The number of aromatic nitrogens is 1. The third kappa shape index (κ3) is 3.15. The van der Waals surface area contributed by atoms with E-state index in [4.69, 9.17) is 9.84 Å². The number of pyridine rings is 1. The lowest BCUT2D eigenvalue weighted by Gasteiger charge is -2.14. The minimum absolute atomic E-state index is 0.0474. The lowest BCUT2D eigenvalue weighted by molar-refractivity contribution is -0.137. The van der Waals surface area contributed by atoms with Gasteiger partial charge in [0, 0.05) is 23.5 Å². The SMILES string of the molecule is COc1ccc(C(C)CC(=O)O)cc1-c1cccnc1. The normalized spacial score (nSPS) is 11.9. The van der Waals surface area contributed by atoms with Crippen LogP contribution in [0.3, 0.4) is 0 Å². The molecule has 1 N–H and O–H groups in total. The molecule has 1 aromatic heterocycles. The minimum atomic E-state index is -0.795. The molecule has 0 amide bonds. The molecule has 0 radical (unpaired) electrons. The first kappa shape index (κ1) is 14.1. The summed E-state index contributed by atoms with van der Waals surface area (Å²) in [5.74, 6) is -0.0886. The molecule has 1 atom stereocenters. The van der Waals surface area contributed by atoms with Crippen molar-refractivity contribution in [3.8, 4) is 16.9 Å². The Morgan fingerprint density at radius 1 is 1.40 bits per heavy atom. The van der Waals surface area contributed by atoms with Gasteiger partial charge in [-0.3, -0.25) is 9.78 Å². The summed E-state index contributed by atoms with van der Waals surface area (Å²) in [5, 5.41) is 8.90. The van der Waals surface area contributed by atoms with Gasteiger partial charge in [-0.15, -0.1) is 0 Å². The van der Waals surface area contributed by atoms with Gasteiger partial charge in [0.2, 0.25) is 0 Å². The monoisotopic (exact) mass is 271 g/mol. The van der Waals surface area contributed by atoms with Crippen molar-refractivity contribution in [3.05, 3.63) is 48.3 Å². The molecule has 0 fully saturated rings. The maximum absolute atomic E-state index is 10.8. The quantitative estimate of drug-likeness (QED) is 0.906. The van der Waals surface area contributed by atoms with Gasteiger partial charge in [0.25, 0.3) is 0 Å². The van der Waals surface area contributed by atoms with Crippen molar-refractivity contribution in [3.63, 3.8) is 0 Å². The van der Waals surface area contributed by atoms with Gasteiger partial charge >= 0.3 is 5.97 Å². The molecular formula is C16H17NO3. The predicted octanol–water partition coefficient (Wildman–Crippen LogP) is 3.34. The number of hydrogen-bond acceptors (Lipinski definition) is 3. The molecule has 2 aromatic rings. The smallest absolute Gasteiger partial charge is 0.303 e. The number of rotatable bonds is 5. The molecule has 0 spiro atoms. The van der Waals surface area contributed by atoms with Crippen LogP contribution in [0, 0.1) is 0 Å². The highest BCUT2D eigenvalue weighted by Gasteiger charge is 2.13. The van der Waals surface area contributed by atoms with E-state index in [0.717, 1.165) is 22.4 Å². The first-order valence-electron chi connectivity index (χ1n) is 6.42. The predicted molar refractivity (Wildman–Crippen MR) is 76.9 cm³/mol. The summed E-state index contributed by atoms with van der Waals surface area (Å²) >= 11 is 0. The van der Waals surface area contributed by atoms with Crippen molar-refractivity contribution in [2.45, 2.75) is 19.3 Å². The molecule has 0 saturated carbocycles. The summed E-state index contributed by atoms with van der Waals surface area (Å²) in [5.41, 5.74) is 2.86. The Balaban J connectivity index is 2.42. The molecule has 104 valence electrons. The van der Waals surface area contributed by atoms with E-state index in [1.165, 1.54) is 0 Å². The summed E-state index contributed by atoms with van der Waals surface area (Å²) in [7, 11) is 1.62. The average molecular weight is 271 g/mol. The Morgan fingerprint density at radius 2 is 2.20 bits per heavy atom. The number of methoxy groups -OCH3 is 1. The zero-order chi connectivity index (χ0) is 14.5. The summed E-state index contributed by atoms with van der Waals surface area (Å²) < 4.78 is 5.37. The molecule has 4 nitrogen and oxygen atoms in total. The maximum Gasteiger partial charge on any atom is 0.303 e. The molecule has 1 aromatic carbocycles. The summed E-state index contributed by atoms with van der Waals surface area (Å²) in [4.78, 5) is 14.9. The van der Waals surface area contributed by atoms with Gasteiger partial charge in [0.1, 0.15) is 5.75 Å². The topological polar surface area (TPSA) is 59.4 Å². The first-order chi connectivity index (χ1) is 9.61. The Bertz CT molecular complexity index is 596. The van der Waals surface area contributed by atoms with E-state index in [0.29, 0.717) is 0 Å². The Morgan fingerprint density at radius 3 is 2.80 bits per heavy atom. The van der Waals surface area contributed by atoms with E-state index < -0.39 is 5.97 Å². The number of ether oxygens (including phenoxy) is 1. The highest BCUT2D eigenvalue weighted by molar-refractivity contribution is 5.72. The third-order valence-electron chi connectivity index (χ3n) is 3.25. The molecule has 4 heteroatoms. The minimum Gasteiger partial charge on any atom is -0.496 e. The molecule has 0 aliphatic rings. The maximum atomic E-state index is 10.8. The number of benzene rings is 1. The van der Waals surface area contributed by atoms with E-state index >= 15 is 0 Å². The fraction of sp³-hybridized carbons (Fsp3) is 0.250. The van der Waals surface area contributed by atoms with E-state index in [1.54, 1.807) is 19.5 Å². The number of hydrogen-bond donors (Lipinski definition) is 1. The molecule has 0 aliphatic carbocycles. The molecule has 1 heterocycles. The van der Waals surface area contributed by atoms with Crippen LogP contribution in [0.25, 0.3) is 11.1 Å². The molecule has 0 bridgehead atoms. The molecular weight excluding hydrogens is 254 g/mol. The number of carboxylic acids is 1. The van der Waals surface area contributed by atoms with Crippen LogP contribution in [-0.2, 0) is 4.79 Å². The van der Waals surface area contributed by atoms with Gasteiger partial charge in [-0.25, -0.2) is 0 Å². The second-order valence-electron chi connectivity index (χ2n) is 4.70. The van der Waals surface area contributed by atoms with Crippen LogP contribution in [0.15, 0.2) is 42.7 Å². The highest BCUT2D eigenvalue weighted by atomic mass is 16.5. The number of carboxylic acid groups (broad SMARTS) is 1. The molecule has 1 unspecified atom stereocenters. The van der Waals surface area contributed by atoms with Crippen LogP contribution in [-0.4, -0.2) is 23.2 Å². The number of aliphatic carboxylic acids is 1. The van der Waals surface area contributed by atoms with Crippen molar-refractivity contribution in [2.75, 3.05) is 7.11 Å². The fourth-order valence-electron chi connectivity index (χ4n) is 2.16.